The topological polar surface area (TPSA) is 55.8 Å². The Labute approximate surface area is 100 Å². The number of esters is 1. The number of methoxy groups -OCH3 is 1. The number of carbonyl (C=O) groups is 2. The Hall–Kier alpha value is -1.52. The molecule has 2 aliphatic rings. The highest BCUT2D eigenvalue weighted by molar-refractivity contribution is 5.82. The molecule has 1 amide bonds. The fraction of sp³-hybridized carbons (Fsp3) is 0.667. The zero-order chi connectivity index (χ0) is 12.8. The summed E-state index contributed by atoms with van der Waals surface area (Å²) in [7, 11) is 1.36. The Morgan fingerprint density at radius 1 is 1.29 bits per heavy atom. The summed E-state index contributed by atoms with van der Waals surface area (Å²) < 4.78 is 9.95. The Bertz CT molecular complexity index is 382. The quantitative estimate of drug-likeness (QED) is 0.651. The van der Waals surface area contributed by atoms with E-state index in [0.29, 0.717) is 0 Å². The van der Waals surface area contributed by atoms with Gasteiger partial charge in [-0.1, -0.05) is 6.08 Å². The molecule has 0 spiro atoms. The van der Waals surface area contributed by atoms with Crippen molar-refractivity contribution in [3.05, 3.63) is 12.3 Å². The molecule has 0 bridgehead atoms. The van der Waals surface area contributed by atoms with Crippen molar-refractivity contribution in [2.24, 2.45) is 11.8 Å². The fourth-order valence-electron chi connectivity index (χ4n) is 2.13. The molecule has 1 aliphatic heterocycles. The predicted octanol–water partition coefficient (Wildman–Crippen LogP) is 1.54. The minimum absolute atomic E-state index is 0.0926. The molecule has 0 aromatic rings. The van der Waals surface area contributed by atoms with Crippen molar-refractivity contribution in [2.75, 3.05) is 7.11 Å². The number of nitrogens with zero attached hydrogens (tertiary/aromatic N) is 1. The van der Waals surface area contributed by atoms with Crippen LogP contribution in [-0.2, 0) is 14.3 Å². The van der Waals surface area contributed by atoms with E-state index in [4.69, 9.17) is 4.74 Å². The summed E-state index contributed by atoms with van der Waals surface area (Å²) in [5.74, 6) is -0.398. The highest BCUT2D eigenvalue weighted by Crippen LogP contribution is 2.49. The molecule has 1 saturated carbocycles. The van der Waals surface area contributed by atoms with Crippen LogP contribution in [0.25, 0.3) is 0 Å². The van der Waals surface area contributed by atoms with Gasteiger partial charge in [0.15, 0.2) is 0 Å². The highest BCUT2D eigenvalue weighted by atomic mass is 16.6. The van der Waals surface area contributed by atoms with Gasteiger partial charge < -0.3 is 9.47 Å². The highest BCUT2D eigenvalue weighted by Gasteiger charge is 2.61. The molecular weight excluding hydrogens is 222 g/mol. The maximum Gasteiger partial charge on any atom is 0.414 e. The first-order chi connectivity index (χ1) is 7.85. The molecule has 5 heteroatoms. The largest absolute Gasteiger partial charge is 0.469 e. The van der Waals surface area contributed by atoms with E-state index in [1.165, 1.54) is 12.0 Å². The first kappa shape index (κ1) is 12.0. The summed E-state index contributed by atoms with van der Waals surface area (Å²) in [6.45, 7) is 5.44. The molecule has 0 N–H and O–H groups in total. The molecule has 1 fully saturated rings. The molecular formula is C12H17NO4. The second-order valence-electron chi connectivity index (χ2n) is 5.35. The van der Waals surface area contributed by atoms with E-state index in [0.717, 1.165) is 0 Å². The summed E-state index contributed by atoms with van der Waals surface area (Å²) in [5, 5.41) is 0. The molecule has 1 heterocycles. The van der Waals surface area contributed by atoms with Gasteiger partial charge in [0.2, 0.25) is 0 Å². The van der Waals surface area contributed by atoms with E-state index >= 15 is 0 Å². The molecule has 0 aromatic carbocycles. The van der Waals surface area contributed by atoms with E-state index in [1.54, 1.807) is 6.20 Å². The molecule has 94 valence electrons. The van der Waals surface area contributed by atoms with Gasteiger partial charge in [-0.2, -0.15) is 0 Å². The average Bonchev–Trinajstić information content (AvgIpc) is 2.74. The molecule has 0 unspecified atom stereocenters. The molecule has 0 saturated heterocycles. The van der Waals surface area contributed by atoms with Crippen molar-refractivity contribution in [3.8, 4) is 0 Å². The number of carbonyl (C=O) groups excluding carboxylic acids is 2. The number of amides is 1. The third kappa shape index (κ3) is 2.14. The van der Waals surface area contributed by atoms with Gasteiger partial charge in [0, 0.05) is 12.1 Å². The Kier molecular flexibility index (Phi) is 2.64. The number of hydrogen-bond donors (Lipinski definition) is 0. The first-order valence-corrected chi connectivity index (χ1v) is 5.62. The van der Waals surface area contributed by atoms with Crippen LogP contribution in [0.5, 0.6) is 0 Å². The number of fused-ring (bicyclic) bond motifs is 1. The number of hydrogen-bond acceptors (Lipinski definition) is 4. The van der Waals surface area contributed by atoms with Crippen LogP contribution in [0, 0.1) is 11.8 Å². The SMILES string of the molecule is COC(=O)[C@@H]1[C@@H]2C=CN(C(=O)OC(C)(C)C)[C@@H]21. The Morgan fingerprint density at radius 2 is 1.94 bits per heavy atom. The summed E-state index contributed by atoms with van der Waals surface area (Å²) in [5.41, 5.74) is -0.529. The standard InChI is InChI=1S/C12H17NO4/c1-12(2,3)17-11(15)13-6-5-7-8(9(7)13)10(14)16-4/h5-9H,1-4H3/t7-,8+,9-/m0/s1. The van der Waals surface area contributed by atoms with Crippen LogP contribution in [-0.4, -0.2) is 35.7 Å². The minimum atomic E-state index is -0.529. The molecule has 17 heavy (non-hydrogen) atoms. The van der Waals surface area contributed by atoms with Crippen molar-refractivity contribution < 1.29 is 19.1 Å². The minimum Gasteiger partial charge on any atom is -0.469 e. The molecule has 0 aromatic heterocycles. The van der Waals surface area contributed by atoms with Gasteiger partial charge in [-0.15, -0.1) is 0 Å². The van der Waals surface area contributed by atoms with Gasteiger partial charge >= 0.3 is 12.1 Å². The van der Waals surface area contributed by atoms with Crippen LogP contribution in [0.3, 0.4) is 0 Å². The van der Waals surface area contributed by atoms with Crippen LogP contribution in [0.1, 0.15) is 20.8 Å². The summed E-state index contributed by atoms with van der Waals surface area (Å²) >= 11 is 0. The van der Waals surface area contributed by atoms with E-state index in [9.17, 15) is 9.59 Å². The lowest BCUT2D eigenvalue weighted by Crippen LogP contribution is -2.35. The average molecular weight is 239 g/mol. The van der Waals surface area contributed by atoms with E-state index < -0.39 is 11.7 Å². The summed E-state index contributed by atoms with van der Waals surface area (Å²) in [6, 6.07) is -0.114. The molecule has 1 aliphatic carbocycles. The third-order valence-electron chi connectivity index (χ3n) is 2.90. The monoisotopic (exact) mass is 239 g/mol. The molecule has 5 nitrogen and oxygen atoms in total. The normalized spacial score (nSPS) is 29.9. The van der Waals surface area contributed by atoms with Gasteiger partial charge in [0.05, 0.1) is 19.1 Å². The van der Waals surface area contributed by atoms with Gasteiger partial charge in [0.1, 0.15) is 5.60 Å². The second-order valence-corrected chi connectivity index (χ2v) is 5.35. The molecule has 2 rings (SSSR count). The van der Waals surface area contributed by atoms with E-state index in [2.05, 4.69) is 4.74 Å². The van der Waals surface area contributed by atoms with Crippen molar-refractivity contribution in [3.63, 3.8) is 0 Å². The van der Waals surface area contributed by atoms with Crippen LogP contribution < -0.4 is 0 Å². The number of ether oxygens (including phenoxy) is 2. The lowest BCUT2D eigenvalue weighted by Gasteiger charge is -2.24. The molecule has 0 radical (unpaired) electrons. The summed E-state index contributed by atoms with van der Waals surface area (Å²) in [4.78, 5) is 24.7. The van der Waals surface area contributed by atoms with Crippen molar-refractivity contribution in [1.82, 2.24) is 4.90 Å². The lowest BCUT2D eigenvalue weighted by atomic mass is 10.2. The Morgan fingerprint density at radius 3 is 2.47 bits per heavy atom. The van der Waals surface area contributed by atoms with Crippen LogP contribution in [0.15, 0.2) is 12.3 Å². The van der Waals surface area contributed by atoms with Crippen molar-refractivity contribution >= 4 is 12.1 Å². The van der Waals surface area contributed by atoms with E-state index in [-0.39, 0.29) is 23.8 Å². The summed E-state index contributed by atoms with van der Waals surface area (Å²) in [6.07, 6.45) is 3.13. The van der Waals surface area contributed by atoms with Crippen molar-refractivity contribution in [2.45, 2.75) is 32.4 Å². The fourth-order valence-corrected chi connectivity index (χ4v) is 2.13. The smallest absolute Gasteiger partial charge is 0.414 e. The zero-order valence-corrected chi connectivity index (χ0v) is 10.5. The number of rotatable bonds is 1. The maximum absolute atomic E-state index is 11.9. The molecule has 3 atom stereocenters. The maximum atomic E-state index is 11.9. The lowest BCUT2D eigenvalue weighted by molar-refractivity contribution is -0.142. The zero-order valence-electron chi connectivity index (χ0n) is 10.5. The van der Waals surface area contributed by atoms with Gasteiger partial charge in [-0.3, -0.25) is 9.69 Å². The van der Waals surface area contributed by atoms with Crippen molar-refractivity contribution in [1.29, 1.82) is 0 Å². The van der Waals surface area contributed by atoms with Crippen LogP contribution in [0.4, 0.5) is 4.79 Å². The van der Waals surface area contributed by atoms with Gasteiger partial charge in [-0.25, -0.2) is 4.79 Å². The third-order valence-corrected chi connectivity index (χ3v) is 2.90. The van der Waals surface area contributed by atoms with Crippen LogP contribution >= 0.6 is 0 Å². The first-order valence-electron chi connectivity index (χ1n) is 5.62. The van der Waals surface area contributed by atoms with Gasteiger partial charge in [0.25, 0.3) is 0 Å². The predicted molar refractivity (Wildman–Crippen MR) is 60.0 cm³/mol. The van der Waals surface area contributed by atoms with Gasteiger partial charge in [-0.05, 0) is 20.8 Å². The second kappa shape index (κ2) is 3.75. The van der Waals surface area contributed by atoms with E-state index in [1.807, 2.05) is 26.8 Å². The Balaban J connectivity index is 1.99. The van der Waals surface area contributed by atoms with Crippen LogP contribution in [0.2, 0.25) is 0 Å².